The third kappa shape index (κ3) is 4.53. The number of amides is 1. The SMILES string of the molecule is CC1CCN(C(=O)c2ccc(N3CCN(Cc4ccccc4)CC3)nc2)CC1. The predicted octanol–water partition coefficient (Wildman–Crippen LogP) is 3.28. The first kappa shape index (κ1) is 18.9. The van der Waals surface area contributed by atoms with Crippen LogP contribution in [0.25, 0.3) is 0 Å². The number of carbonyl (C=O) groups excluding carboxylic acids is 1. The average molecular weight is 379 g/mol. The third-order valence-electron chi connectivity index (χ3n) is 6.01. The monoisotopic (exact) mass is 378 g/mol. The first-order chi connectivity index (χ1) is 13.7. The Morgan fingerprint density at radius 2 is 1.68 bits per heavy atom. The van der Waals surface area contributed by atoms with Gasteiger partial charge >= 0.3 is 0 Å². The molecule has 2 aromatic rings. The van der Waals surface area contributed by atoms with E-state index in [9.17, 15) is 4.79 Å². The van der Waals surface area contributed by atoms with Gasteiger partial charge in [-0.05, 0) is 36.5 Å². The van der Waals surface area contributed by atoms with Gasteiger partial charge in [0.2, 0.25) is 0 Å². The number of aromatic nitrogens is 1. The van der Waals surface area contributed by atoms with E-state index in [0.29, 0.717) is 5.56 Å². The summed E-state index contributed by atoms with van der Waals surface area (Å²) >= 11 is 0. The number of pyridine rings is 1. The second-order valence-corrected chi connectivity index (χ2v) is 8.13. The van der Waals surface area contributed by atoms with Crippen molar-refractivity contribution in [2.45, 2.75) is 26.3 Å². The lowest BCUT2D eigenvalue weighted by Crippen LogP contribution is -2.46. The van der Waals surface area contributed by atoms with Crippen molar-refractivity contribution >= 4 is 11.7 Å². The largest absolute Gasteiger partial charge is 0.354 e. The Labute approximate surface area is 168 Å². The maximum absolute atomic E-state index is 12.7. The molecule has 0 bridgehead atoms. The molecule has 0 radical (unpaired) electrons. The van der Waals surface area contributed by atoms with Crippen LogP contribution in [0.2, 0.25) is 0 Å². The molecule has 0 spiro atoms. The van der Waals surface area contributed by atoms with Crippen LogP contribution in [0.15, 0.2) is 48.7 Å². The van der Waals surface area contributed by atoms with Crippen LogP contribution in [0, 0.1) is 5.92 Å². The molecule has 1 amide bonds. The van der Waals surface area contributed by atoms with Crippen LogP contribution in [0.3, 0.4) is 0 Å². The van der Waals surface area contributed by atoms with Gasteiger partial charge in [0.1, 0.15) is 5.82 Å². The van der Waals surface area contributed by atoms with Gasteiger partial charge in [-0.25, -0.2) is 4.98 Å². The lowest BCUT2D eigenvalue weighted by molar-refractivity contribution is 0.0697. The molecule has 0 unspecified atom stereocenters. The third-order valence-corrected chi connectivity index (χ3v) is 6.01. The zero-order chi connectivity index (χ0) is 19.3. The summed E-state index contributed by atoms with van der Waals surface area (Å²) in [6.07, 6.45) is 3.96. The van der Waals surface area contributed by atoms with Crippen molar-refractivity contribution in [2.24, 2.45) is 5.92 Å². The fraction of sp³-hybridized carbons (Fsp3) is 0.478. The Morgan fingerprint density at radius 1 is 0.964 bits per heavy atom. The lowest BCUT2D eigenvalue weighted by atomic mass is 9.99. The molecule has 5 nitrogen and oxygen atoms in total. The van der Waals surface area contributed by atoms with E-state index in [4.69, 9.17) is 0 Å². The molecule has 148 valence electrons. The standard InChI is InChI=1S/C23H30N4O/c1-19-9-11-27(12-10-19)23(28)21-7-8-22(24-17-21)26-15-13-25(14-16-26)18-20-5-3-2-4-6-20/h2-8,17,19H,9-16,18H2,1H3. The molecule has 1 aromatic heterocycles. The second-order valence-electron chi connectivity index (χ2n) is 8.13. The average Bonchev–Trinajstić information content (AvgIpc) is 2.75. The number of anilines is 1. The molecule has 0 saturated carbocycles. The van der Waals surface area contributed by atoms with E-state index in [1.165, 1.54) is 5.56 Å². The van der Waals surface area contributed by atoms with E-state index in [1.807, 2.05) is 17.0 Å². The van der Waals surface area contributed by atoms with Crippen molar-refractivity contribution < 1.29 is 4.79 Å². The zero-order valence-electron chi connectivity index (χ0n) is 16.8. The van der Waals surface area contributed by atoms with E-state index in [-0.39, 0.29) is 5.91 Å². The number of piperidine rings is 1. The van der Waals surface area contributed by atoms with Crippen molar-refractivity contribution in [3.05, 3.63) is 59.8 Å². The van der Waals surface area contributed by atoms with Crippen molar-refractivity contribution in [1.29, 1.82) is 0 Å². The number of piperazine rings is 1. The number of rotatable bonds is 4. The van der Waals surface area contributed by atoms with Crippen LogP contribution in [-0.2, 0) is 6.54 Å². The Balaban J connectivity index is 1.30. The topological polar surface area (TPSA) is 39.7 Å². The number of hydrogen-bond donors (Lipinski definition) is 0. The van der Waals surface area contributed by atoms with E-state index >= 15 is 0 Å². The van der Waals surface area contributed by atoms with Gasteiger partial charge < -0.3 is 9.80 Å². The highest BCUT2D eigenvalue weighted by atomic mass is 16.2. The summed E-state index contributed by atoms with van der Waals surface area (Å²) in [5.74, 6) is 1.83. The van der Waals surface area contributed by atoms with Crippen LogP contribution < -0.4 is 4.90 Å². The molecule has 0 N–H and O–H groups in total. The first-order valence-electron chi connectivity index (χ1n) is 10.5. The van der Waals surface area contributed by atoms with Crippen molar-refractivity contribution in [3.8, 4) is 0 Å². The van der Waals surface area contributed by atoms with Gasteiger partial charge in [0.05, 0.1) is 5.56 Å². The maximum atomic E-state index is 12.7. The van der Waals surface area contributed by atoms with E-state index in [1.54, 1.807) is 6.20 Å². The Kier molecular flexibility index (Phi) is 5.91. The van der Waals surface area contributed by atoms with Crippen molar-refractivity contribution in [3.63, 3.8) is 0 Å². The Morgan fingerprint density at radius 3 is 2.32 bits per heavy atom. The van der Waals surface area contributed by atoms with E-state index in [0.717, 1.165) is 70.4 Å². The van der Waals surface area contributed by atoms with Gasteiger partial charge in [-0.15, -0.1) is 0 Å². The fourth-order valence-corrected chi connectivity index (χ4v) is 4.07. The summed E-state index contributed by atoms with van der Waals surface area (Å²) in [7, 11) is 0. The molecule has 2 fully saturated rings. The van der Waals surface area contributed by atoms with Gasteiger partial charge in [-0.3, -0.25) is 9.69 Å². The molecule has 0 atom stereocenters. The van der Waals surface area contributed by atoms with Crippen LogP contribution in [0.5, 0.6) is 0 Å². The van der Waals surface area contributed by atoms with E-state index in [2.05, 4.69) is 52.0 Å². The summed E-state index contributed by atoms with van der Waals surface area (Å²) < 4.78 is 0. The van der Waals surface area contributed by atoms with Gasteiger partial charge in [0, 0.05) is 52.0 Å². The summed E-state index contributed by atoms with van der Waals surface area (Å²) in [6.45, 7) is 9.00. The minimum Gasteiger partial charge on any atom is -0.354 e. The van der Waals surface area contributed by atoms with Crippen LogP contribution in [0.4, 0.5) is 5.82 Å². The molecule has 2 saturated heterocycles. The molecular weight excluding hydrogens is 348 g/mol. The molecule has 2 aliphatic heterocycles. The summed E-state index contributed by atoms with van der Waals surface area (Å²) in [5.41, 5.74) is 2.07. The highest BCUT2D eigenvalue weighted by Crippen LogP contribution is 2.20. The molecule has 2 aliphatic rings. The van der Waals surface area contributed by atoms with Crippen LogP contribution in [0.1, 0.15) is 35.7 Å². The highest BCUT2D eigenvalue weighted by molar-refractivity contribution is 5.94. The first-order valence-corrected chi connectivity index (χ1v) is 10.5. The number of hydrogen-bond acceptors (Lipinski definition) is 4. The van der Waals surface area contributed by atoms with Gasteiger partial charge in [-0.1, -0.05) is 37.3 Å². The molecule has 0 aliphatic carbocycles. The predicted molar refractivity (Wildman–Crippen MR) is 112 cm³/mol. The fourth-order valence-electron chi connectivity index (χ4n) is 4.07. The molecule has 3 heterocycles. The maximum Gasteiger partial charge on any atom is 0.255 e. The summed E-state index contributed by atoms with van der Waals surface area (Å²) in [5, 5.41) is 0. The molecule has 4 rings (SSSR count). The second kappa shape index (κ2) is 8.74. The Bertz CT molecular complexity index is 761. The number of benzene rings is 1. The van der Waals surface area contributed by atoms with Gasteiger partial charge in [0.25, 0.3) is 5.91 Å². The molecule has 1 aromatic carbocycles. The molecular formula is C23H30N4O. The molecule has 28 heavy (non-hydrogen) atoms. The van der Waals surface area contributed by atoms with Crippen LogP contribution >= 0.6 is 0 Å². The van der Waals surface area contributed by atoms with Crippen LogP contribution in [-0.4, -0.2) is 60.0 Å². The van der Waals surface area contributed by atoms with E-state index < -0.39 is 0 Å². The summed E-state index contributed by atoms with van der Waals surface area (Å²) in [6, 6.07) is 14.6. The number of likely N-dealkylation sites (tertiary alicyclic amines) is 1. The molecule has 5 heteroatoms. The lowest BCUT2D eigenvalue weighted by Gasteiger charge is -2.35. The quantitative estimate of drug-likeness (QED) is 0.819. The Hall–Kier alpha value is -2.40. The van der Waals surface area contributed by atoms with Crippen molar-refractivity contribution in [2.75, 3.05) is 44.2 Å². The number of carbonyl (C=O) groups is 1. The summed E-state index contributed by atoms with van der Waals surface area (Å²) in [4.78, 5) is 24.1. The van der Waals surface area contributed by atoms with Gasteiger partial charge in [0.15, 0.2) is 0 Å². The minimum atomic E-state index is 0.124. The van der Waals surface area contributed by atoms with Gasteiger partial charge in [-0.2, -0.15) is 0 Å². The minimum absolute atomic E-state index is 0.124. The number of nitrogens with zero attached hydrogens (tertiary/aromatic N) is 4. The normalized spacial score (nSPS) is 19.0. The van der Waals surface area contributed by atoms with Crippen molar-refractivity contribution in [1.82, 2.24) is 14.8 Å². The zero-order valence-corrected chi connectivity index (χ0v) is 16.8. The highest BCUT2D eigenvalue weighted by Gasteiger charge is 2.22. The smallest absolute Gasteiger partial charge is 0.255 e.